The van der Waals surface area contributed by atoms with E-state index in [1.807, 2.05) is 43.3 Å². The Morgan fingerprint density at radius 3 is 2.57 bits per heavy atom. The molecule has 8 nitrogen and oxygen atoms in total. The quantitative estimate of drug-likeness (QED) is 0.704. The zero-order valence-corrected chi connectivity index (χ0v) is 21.1. The van der Waals surface area contributed by atoms with Crippen LogP contribution in [0.4, 0.5) is 4.79 Å². The van der Waals surface area contributed by atoms with E-state index in [0.717, 1.165) is 29.5 Å². The Kier molecular flexibility index (Phi) is 6.31. The first-order valence-electron chi connectivity index (χ1n) is 12.2. The lowest BCUT2D eigenvalue weighted by Gasteiger charge is -2.41. The van der Waals surface area contributed by atoms with Crippen LogP contribution in [0.2, 0.25) is 0 Å². The van der Waals surface area contributed by atoms with Crippen molar-refractivity contribution in [1.82, 2.24) is 19.4 Å². The summed E-state index contributed by atoms with van der Waals surface area (Å²) < 4.78 is 29.4. The third-order valence-corrected chi connectivity index (χ3v) is 9.46. The molecule has 0 saturated carbocycles. The fourth-order valence-electron chi connectivity index (χ4n) is 5.53. The number of piperidine rings is 1. The van der Waals surface area contributed by atoms with E-state index in [1.54, 1.807) is 22.8 Å². The molecule has 9 heteroatoms. The standard InChI is InChI=1S/C26H32N4O4S/c1-18-9-10-19(2)24(14-18)35(33,34)30-16-21-7-4-3-6-20(21)15-23(30)25(31)28-12-5-8-22(17-28)29-13-11-27-26(29)32/h3-4,6-7,9-10,14,22-23H,5,8,11-13,15-17H2,1-2H3,(H,27,32). The average Bonchev–Trinajstić information content (AvgIpc) is 3.30. The summed E-state index contributed by atoms with van der Waals surface area (Å²) in [5, 5.41) is 2.84. The summed E-state index contributed by atoms with van der Waals surface area (Å²) in [7, 11) is -3.92. The summed E-state index contributed by atoms with van der Waals surface area (Å²) in [6.45, 7) is 6.07. The van der Waals surface area contributed by atoms with Gasteiger partial charge in [0.05, 0.1) is 10.9 Å². The van der Waals surface area contributed by atoms with Crippen molar-refractivity contribution in [2.75, 3.05) is 26.2 Å². The van der Waals surface area contributed by atoms with Crippen LogP contribution in [-0.4, -0.2) is 72.7 Å². The third kappa shape index (κ3) is 4.43. The van der Waals surface area contributed by atoms with Crippen molar-refractivity contribution in [3.63, 3.8) is 0 Å². The summed E-state index contributed by atoms with van der Waals surface area (Å²) in [6, 6.07) is 12.2. The van der Waals surface area contributed by atoms with Crippen molar-refractivity contribution < 1.29 is 18.0 Å². The number of nitrogens with one attached hydrogen (secondary N) is 1. The minimum Gasteiger partial charge on any atom is -0.339 e. The number of fused-ring (bicyclic) bond motifs is 1. The van der Waals surface area contributed by atoms with E-state index in [0.29, 0.717) is 38.2 Å². The predicted molar refractivity (Wildman–Crippen MR) is 132 cm³/mol. The zero-order valence-electron chi connectivity index (χ0n) is 20.2. The number of urea groups is 1. The third-order valence-electron chi connectivity index (χ3n) is 7.46. The molecule has 0 aromatic heterocycles. The SMILES string of the molecule is Cc1ccc(C)c(S(=O)(=O)N2Cc3ccccc3CC2C(=O)N2CCCC(N3CCNC3=O)C2)c1. The van der Waals surface area contributed by atoms with Gasteiger partial charge in [-0.2, -0.15) is 4.31 Å². The number of likely N-dealkylation sites (tertiary alicyclic amines) is 1. The predicted octanol–water partition coefficient (Wildman–Crippen LogP) is 2.44. The van der Waals surface area contributed by atoms with Crippen molar-refractivity contribution in [2.24, 2.45) is 0 Å². The molecule has 3 aliphatic heterocycles. The molecule has 35 heavy (non-hydrogen) atoms. The van der Waals surface area contributed by atoms with Gasteiger partial charge in [-0.1, -0.05) is 36.4 Å². The number of nitrogens with zero attached hydrogens (tertiary/aromatic N) is 3. The molecule has 0 radical (unpaired) electrons. The van der Waals surface area contributed by atoms with E-state index in [2.05, 4.69) is 5.32 Å². The van der Waals surface area contributed by atoms with Gasteiger partial charge in [0, 0.05) is 32.7 Å². The van der Waals surface area contributed by atoms with Gasteiger partial charge in [-0.15, -0.1) is 0 Å². The number of sulfonamides is 1. The van der Waals surface area contributed by atoms with Crippen LogP contribution in [-0.2, 0) is 27.8 Å². The molecule has 1 N–H and O–H groups in total. The van der Waals surface area contributed by atoms with Gasteiger partial charge in [-0.3, -0.25) is 4.79 Å². The maximum atomic E-state index is 14.0. The van der Waals surface area contributed by atoms with E-state index in [1.165, 1.54) is 4.31 Å². The minimum absolute atomic E-state index is 0.0462. The maximum Gasteiger partial charge on any atom is 0.317 e. The van der Waals surface area contributed by atoms with Gasteiger partial charge in [0.2, 0.25) is 15.9 Å². The lowest BCUT2D eigenvalue weighted by atomic mass is 9.94. The molecule has 2 aromatic rings. The van der Waals surface area contributed by atoms with Crippen LogP contribution in [0.3, 0.4) is 0 Å². The van der Waals surface area contributed by atoms with Gasteiger partial charge in [-0.05, 0) is 61.4 Å². The fourth-order valence-corrected chi connectivity index (χ4v) is 7.40. The molecule has 2 atom stereocenters. The van der Waals surface area contributed by atoms with Crippen molar-refractivity contribution in [1.29, 1.82) is 0 Å². The smallest absolute Gasteiger partial charge is 0.317 e. The second-order valence-corrected chi connectivity index (χ2v) is 11.7. The van der Waals surface area contributed by atoms with Crippen LogP contribution >= 0.6 is 0 Å². The van der Waals surface area contributed by atoms with E-state index in [4.69, 9.17) is 0 Å². The second-order valence-electron chi connectivity index (χ2n) is 9.81. The Morgan fingerprint density at radius 1 is 1.06 bits per heavy atom. The fraction of sp³-hybridized carbons (Fsp3) is 0.462. The van der Waals surface area contributed by atoms with Crippen molar-refractivity contribution in [3.8, 4) is 0 Å². The van der Waals surface area contributed by atoms with Gasteiger partial charge >= 0.3 is 6.03 Å². The molecule has 0 spiro atoms. The van der Waals surface area contributed by atoms with E-state index in [9.17, 15) is 18.0 Å². The highest BCUT2D eigenvalue weighted by atomic mass is 32.2. The second kappa shape index (κ2) is 9.28. The molecule has 3 amide bonds. The minimum atomic E-state index is -3.92. The van der Waals surface area contributed by atoms with Crippen LogP contribution in [0.15, 0.2) is 47.4 Å². The summed E-state index contributed by atoms with van der Waals surface area (Å²) in [6.07, 6.45) is 1.97. The monoisotopic (exact) mass is 496 g/mol. The van der Waals surface area contributed by atoms with E-state index >= 15 is 0 Å². The summed E-state index contributed by atoms with van der Waals surface area (Å²) in [5.74, 6) is -0.183. The number of aryl methyl sites for hydroxylation is 2. The van der Waals surface area contributed by atoms with E-state index < -0.39 is 16.1 Å². The van der Waals surface area contributed by atoms with Crippen molar-refractivity contribution in [3.05, 3.63) is 64.7 Å². The molecule has 186 valence electrons. The lowest BCUT2D eigenvalue weighted by molar-refractivity contribution is -0.137. The van der Waals surface area contributed by atoms with Gasteiger partial charge in [-0.25, -0.2) is 13.2 Å². The number of rotatable bonds is 4. The Hall–Kier alpha value is -2.91. The number of hydrogen-bond donors (Lipinski definition) is 1. The van der Waals surface area contributed by atoms with Crippen LogP contribution in [0.25, 0.3) is 0 Å². The maximum absolute atomic E-state index is 14.0. The first kappa shape index (κ1) is 23.8. The molecule has 0 bridgehead atoms. The Balaban J connectivity index is 1.48. The van der Waals surface area contributed by atoms with E-state index in [-0.39, 0.29) is 29.4 Å². The first-order valence-corrected chi connectivity index (χ1v) is 13.7. The van der Waals surface area contributed by atoms with Crippen LogP contribution in [0.1, 0.15) is 35.1 Å². The van der Waals surface area contributed by atoms with Crippen LogP contribution in [0, 0.1) is 13.8 Å². The number of hydrogen-bond acceptors (Lipinski definition) is 4. The highest BCUT2D eigenvalue weighted by Gasteiger charge is 2.43. The Bertz CT molecular complexity index is 1260. The zero-order chi connectivity index (χ0) is 24.7. The number of carbonyl (C=O) groups is 2. The normalized spacial score (nSPS) is 23.2. The molecule has 5 rings (SSSR count). The van der Waals surface area contributed by atoms with Gasteiger partial charge in [0.1, 0.15) is 6.04 Å². The largest absolute Gasteiger partial charge is 0.339 e. The molecular formula is C26H32N4O4S. The Morgan fingerprint density at radius 2 is 1.83 bits per heavy atom. The van der Waals surface area contributed by atoms with Gasteiger partial charge in [0.15, 0.2) is 0 Å². The number of amides is 3. The first-order chi connectivity index (χ1) is 16.8. The molecule has 2 fully saturated rings. The molecule has 0 aliphatic carbocycles. The molecule has 3 heterocycles. The summed E-state index contributed by atoms with van der Waals surface area (Å²) in [5.41, 5.74) is 3.46. The molecular weight excluding hydrogens is 464 g/mol. The topological polar surface area (TPSA) is 90.0 Å². The summed E-state index contributed by atoms with van der Waals surface area (Å²) >= 11 is 0. The number of benzene rings is 2. The number of carbonyl (C=O) groups excluding carboxylic acids is 2. The highest BCUT2D eigenvalue weighted by Crippen LogP contribution is 2.32. The Labute approximate surface area is 206 Å². The molecule has 3 aliphatic rings. The van der Waals surface area contributed by atoms with Crippen LogP contribution < -0.4 is 5.32 Å². The molecule has 2 saturated heterocycles. The van der Waals surface area contributed by atoms with Crippen molar-refractivity contribution in [2.45, 2.75) is 56.6 Å². The lowest BCUT2D eigenvalue weighted by Crippen LogP contribution is -2.57. The highest BCUT2D eigenvalue weighted by molar-refractivity contribution is 7.89. The average molecular weight is 497 g/mol. The summed E-state index contributed by atoms with van der Waals surface area (Å²) in [4.78, 5) is 30.0. The van der Waals surface area contributed by atoms with Crippen LogP contribution in [0.5, 0.6) is 0 Å². The molecule has 2 aromatic carbocycles. The van der Waals surface area contributed by atoms with Crippen molar-refractivity contribution >= 4 is 22.0 Å². The van der Waals surface area contributed by atoms with Gasteiger partial charge in [0.25, 0.3) is 0 Å². The van der Waals surface area contributed by atoms with Gasteiger partial charge < -0.3 is 15.1 Å². The molecule has 2 unspecified atom stereocenters.